The van der Waals surface area contributed by atoms with E-state index in [9.17, 15) is 0 Å². The van der Waals surface area contributed by atoms with Gasteiger partial charge in [-0.3, -0.25) is 0 Å². The van der Waals surface area contributed by atoms with E-state index in [2.05, 4.69) is 19.2 Å². The molecular weight excluding hydrogens is 270 g/mol. The normalized spacial score (nSPS) is 17.7. The number of ether oxygens (including phenoxy) is 4. The quantitative estimate of drug-likeness (QED) is 0.905. The lowest BCUT2D eigenvalue weighted by Gasteiger charge is -2.25. The van der Waals surface area contributed by atoms with E-state index in [0.717, 1.165) is 24.2 Å². The highest BCUT2D eigenvalue weighted by Crippen LogP contribution is 2.49. The lowest BCUT2D eigenvalue weighted by atomic mass is 9.99. The highest BCUT2D eigenvalue weighted by atomic mass is 16.5. The Hall–Kier alpha value is -1.62. The third kappa shape index (κ3) is 3.18. The van der Waals surface area contributed by atoms with Crippen LogP contribution in [0, 0.1) is 0 Å². The molecule has 0 amide bonds. The first kappa shape index (κ1) is 15.8. The van der Waals surface area contributed by atoms with Crippen LogP contribution in [0.25, 0.3) is 0 Å². The number of benzene rings is 1. The maximum atomic E-state index is 5.89. The van der Waals surface area contributed by atoms with E-state index < -0.39 is 0 Å². The molecule has 1 aliphatic rings. The average Bonchev–Trinajstić information content (AvgIpc) is 2.66. The Labute approximate surface area is 126 Å². The molecule has 1 heterocycles. The van der Waals surface area contributed by atoms with E-state index in [1.807, 2.05) is 6.07 Å². The number of hydrogen-bond acceptors (Lipinski definition) is 5. The van der Waals surface area contributed by atoms with E-state index in [1.165, 1.54) is 0 Å². The van der Waals surface area contributed by atoms with Gasteiger partial charge in [0.05, 0.1) is 33.5 Å². The summed E-state index contributed by atoms with van der Waals surface area (Å²) in [5.74, 6) is 2.73. The zero-order valence-electron chi connectivity index (χ0n) is 13.5. The molecule has 0 spiro atoms. The lowest BCUT2D eigenvalue weighted by Crippen LogP contribution is -2.28. The van der Waals surface area contributed by atoms with E-state index in [4.69, 9.17) is 18.9 Å². The molecule has 0 saturated carbocycles. The van der Waals surface area contributed by atoms with Gasteiger partial charge in [0.1, 0.15) is 5.75 Å². The van der Waals surface area contributed by atoms with Crippen molar-refractivity contribution in [2.75, 3.05) is 27.9 Å². The fraction of sp³-hybridized carbons (Fsp3) is 0.625. The van der Waals surface area contributed by atoms with Crippen LogP contribution in [0.1, 0.15) is 38.3 Å². The molecule has 0 radical (unpaired) electrons. The van der Waals surface area contributed by atoms with E-state index in [-0.39, 0.29) is 6.04 Å². The van der Waals surface area contributed by atoms with Gasteiger partial charge in [-0.15, -0.1) is 0 Å². The Balaban J connectivity index is 2.59. The first-order valence-corrected chi connectivity index (χ1v) is 7.34. The van der Waals surface area contributed by atoms with Gasteiger partial charge in [0.25, 0.3) is 0 Å². The lowest BCUT2D eigenvalue weighted by molar-refractivity contribution is 0.300. The van der Waals surface area contributed by atoms with Gasteiger partial charge in [-0.05, 0) is 12.8 Å². The number of nitrogens with one attached hydrogen (secondary N) is 1. The van der Waals surface area contributed by atoms with Crippen LogP contribution in [-0.4, -0.2) is 34.0 Å². The van der Waals surface area contributed by atoms with Gasteiger partial charge in [0, 0.05) is 18.2 Å². The third-order valence-electron chi connectivity index (χ3n) is 3.61. The molecule has 118 valence electrons. The predicted molar refractivity (Wildman–Crippen MR) is 81.8 cm³/mol. The second-order valence-corrected chi connectivity index (χ2v) is 5.42. The van der Waals surface area contributed by atoms with Crippen LogP contribution in [-0.2, 0) is 0 Å². The first-order chi connectivity index (χ1) is 10.1. The first-order valence-electron chi connectivity index (χ1n) is 7.34. The molecule has 2 rings (SSSR count). The number of rotatable bonds is 5. The number of fused-ring (bicyclic) bond motifs is 1. The molecule has 5 heteroatoms. The van der Waals surface area contributed by atoms with E-state index in [1.54, 1.807) is 21.3 Å². The number of methoxy groups -OCH3 is 3. The van der Waals surface area contributed by atoms with Gasteiger partial charge in [-0.1, -0.05) is 13.8 Å². The van der Waals surface area contributed by atoms with Crippen molar-refractivity contribution >= 4 is 0 Å². The topological polar surface area (TPSA) is 49.0 Å². The van der Waals surface area contributed by atoms with Crippen molar-refractivity contribution in [1.82, 2.24) is 5.32 Å². The number of hydrogen-bond donors (Lipinski definition) is 1. The van der Waals surface area contributed by atoms with Crippen molar-refractivity contribution in [1.29, 1.82) is 0 Å². The molecular formula is C16H25NO4. The van der Waals surface area contributed by atoms with Crippen LogP contribution in [0.5, 0.6) is 23.0 Å². The molecule has 1 N–H and O–H groups in total. The smallest absolute Gasteiger partial charge is 0.203 e. The molecule has 0 aromatic heterocycles. The van der Waals surface area contributed by atoms with Crippen molar-refractivity contribution < 1.29 is 18.9 Å². The highest BCUT2D eigenvalue weighted by molar-refractivity contribution is 5.63. The Bertz CT molecular complexity index is 488. The third-order valence-corrected chi connectivity index (χ3v) is 3.61. The zero-order valence-corrected chi connectivity index (χ0v) is 13.5. The summed E-state index contributed by atoms with van der Waals surface area (Å²) in [7, 11) is 4.88. The summed E-state index contributed by atoms with van der Waals surface area (Å²) in [4.78, 5) is 0. The van der Waals surface area contributed by atoms with Gasteiger partial charge >= 0.3 is 0 Å². The van der Waals surface area contributed by atoms with Crippen molar-refractivity contribution in [2.45, 2.75) is 38.8 Å². The van der Waals surface area contributed by atoms with E-state index >= 15 is 0 Å². The summed E-state index contributed by atoms with van der Waals surface area (Å²) in [5, 5.41) is 3.59. The van der Waals surface area contributed by atoms with Crippen LogP contribution < -0.4 is 24.3 Å². The Morgan fingerprint density at radius 2 is 1.86 bits per heavy atom. The standard InChI is InChI=1S/C16H25NO4/c1-10(2)17-11-7-6-8-21-12-9-13(18-3)15(19-4)16(20-5)14(11)12/h9-11,17H,6-8H2,1-5H3. The largest absolute Gasteiger partial charge is 0.493 e. The van der Waals surface area contributed by atoms with Gasteiger partial charge in [-0.2, -0.15) is 0 Å². The molecule has 21 heavy (non-hydrogen) atoms. The molecule has 1 aromatic carbocycles. The van der Waals surface area contributed by atoms with Crippen LogP contribution in [0.15, 0.2) is 6.07 Å². The second-order valence-electron chi connectivity index (χ2n) is 5.42. The molecule has 1 aromatic rings. The second kappa shape index (κ2) is 6.89. The summed E-state index contributed by atoms with van der Waals surface area (Å²) in [5.41, 5.74) is 1.02. The minimum atomic E-state index is 0.178. The highest BCUT2D eigenvalue weighted by Gasteiger charge is 2.29. The Kier molecular flexibility index (Phi) is 5.17. The maximum Gasteiger partial charge on any atom is 0.203 e. The van der Waals surface area contributed by atoms with Crippen molar-refractivity contribution in [3.8, 4) is 23.0 Å². The van der Waals surface area contributed by atoms with Crippen LogP contribution in [0.3, 0.4) is 0 Å². The summed E-state index contributed by atoms with van der Waals surface area (Å²) in [6.07, 6.45) is 1.99. The molecule has 1 unspecified atom stereocenters. The molecule has 0 fully saturated rings. The van der Waals surface area contributed by atoms with E-state index in [0.29, 0.717) is 29.9 Å². The predicted octanol–water partition coefficient (Wildman–Crippen LogP) is 2.92. The SMILES string of the molecule is COc1cc2c(c(OC)c1OC)C(NC(C)C)CCCO2. The van der Waals surface area contributed by atoms with Crippen molar-refractivity contribution in [3.63, 3.8) is 0 Å². The minimum absolute atomic E-state index is 0.178. The fourth-order valence-corrected chi connectivity index (χ4v) is 2.79. The molecule has 0 saturated heterocycles. The zero-order chi connectivity index (χ0) is 15.4. The monoisotopic (exact) mass is 295 g/mol. The van der Waals surface area contributed by atoms with Gasteiger partial charge in [-0.25, -0.2) is 0 Å². The van der Waals surface area contributed by atoms with Gasteiger partial charge < -0.3 is 24.3 Å². The fourth-order valence-electron chi connectivity index (χ4n) is 2.79. The minimum Gasteiger partial charge on any atom is -0.493 e. The Morgan fingerprint density at radius 1 is 1.14 bits per heavy atom. The summed E-state index contributed by atoms with van der Waals surface area (Å²) < 4.78 is 22.4. The van der Waals surface area contributed by atoms with Crippen LogP contribution in [0.2, 0.25) is 0 Å². The summed E-state index contributed by atoms with van der Waals surface area (Å²) >= 11 is 0. The summed E-state index contributed by atoms with van der Waals surface area (Å²) in [6.45, 7) is 4.97. The van der Waals surface area contributed by atoms with Crippen LogP contribution >= 0.6 is 0 Å². The molecule has 5 nitrogen and oxygen atoms in total. The molecule has 0 aliphatic carbocycles. The molecule has 1 aliphatic heterocycles. The van der Waals surface area contributed by atoms with Gasteiger partial charge in [0.15, 0.2) is 11.5 Å². The molecule has 0 bridgehead atoms. The van der Waals surface area contributed by atoms with Gasteiger partial charge in [0.2, 0.25) is 5.75 Å². The molecule has 1 atom stereocenters. The maximum absolute atomic E-state index is 5.89. The Morgan fingerprint density at radius 3 is 2.43 bits per heavy atom. The van der Waals surface area contributed by atoms with Crippen molar-refractivity contribution in [2.24, 2.45) is 0 Å². The average molecular weight is 295 g/mol. The summed E-state index contributed by atoms with van der Waals surface area (Å²) in [6, 6.07) is 2.44. The van der Waals surface area contributed by atoms with Crippen molar-refractivity contribution in [3.05, 3.63) is 11.6 Å². The van der Waals surface area contributed by atoms with Crippen LogP contribution in [0.4, 0.5) is 0 Å².